The quantitative estimate of drug-likeness (QED) is 0.894. The van der Waals surface area contributed by atoms with Gasteiger partial charge in [-0.3, -0.25) is 9.59 Å². The highest BCUT2D eigenvalue weighted by Crippen LogP contribution is 2.23. The van der Waals surface area contributed by atoms with Gasteiger partial charge in [-0.25, -0.2) is 0 Å². The average molecular weight is 377 g/mol. The number of anilines is 2. The average Bonchev–Trinajstić information content (AvgIpc) is 2.68. The van der Waals surface area contributed by atoms with Crippen LogP contribution in [0.5, 0.6) is 0 Å². The third kappa shape index (κ3) is 4.58. The second-order valence-electron chi connectivity index (χ2n) is 6.14. The summed E-state index contributed by atoms with van der Waals surface area (Å²) in [5.41, 5.74) is 2.00. The molecule has 0 saturated carbocycles. The molecule has 0 unspecified atom stereocenters. The van der Waals surface area contributed by atoms with Crippen molar-refractivity contribution in [1.29, 1.82) is 0 Å². The molecule has 0 aromatic heterocycles. The Morgan fingerprint density at radius 1 is 0.852 bits per heavy atom. The van der Waals surface area contributed by atoms with Crippen LogP contribution in [0.4, 0.5) is 24.5 Å². The van der Waals surface area contributed by atoms with Crippen LogP contribution in [-0.4, -0.2) is 49.1 Å². The number of carbonyl (C=O) groups excluding carboxylic acids is 2. The van der Waals surface area contributed by atoms with E-state index in [1.54, 1.807) is 48.5 Å². The molecule has 5 nitrogen and oxygen atoms in total. The second kappa shape index (κ2) is 7.69. The smallest absolute Gasteiger partial charge is 0.368 e. The van der Waals surface area contributed by atoms with E-state index < -0.39 is 12.1 Å². The summed E-state index contributed by atoms with van der Waals surface area (Å²) in [6, 6.07) is 15.9. The molecule has 2 amide bonds. The Labute approximate surface area is 154 Å². The summed E-state index contributed by atoms with van der Waals surface area (Å²) < 4.78 is 37.5. The van der Waals surface area contributed by atoms with Crippen molar-refractivity contribution in [3.05, 3.63) is 60.2 Å². The lowest BCUT2D eigenvalue weighted by Gasteiger charge is -2.36. The van der Waals surface area contributed by atoms with Crippen molar-refractivity contribution in [1.82, 2.24) is 4.90 Å². The van der Waals surface area contributed by atoms with E-state index in [-0.39, 0.29) is 19.0 Å². The van der Waals surface area contributed by atoms with Crippen molar-refractivity contribution < 1.29 is 22.8 Å². The summed E-state index contributed by atoms with van der Waals surface area (Å²) in [6.07, 6.45) is -4.83. The minimum atomic E-state index is -4.83. The van der Waals surface area contributed by atoms with E-state index in [1.165, 1.54) is 0 Å². The van der Waals surface area contributed by atoms with Crippen LogP contribution in [0.1, 0.15) is 10.4 Å². The molecule has 1 saturated heterocycles. The van der Waals surface area contributed by atoms with E-state index in [9.17, 15) is 22.8 Å². The van der Waals surface area contributed by atoms with Gasteiger partial charge in [-0.1, -0.05) is 18.2 Å². The van der Waals surface area contributed by atoms with Crippen LogP contribution < -0.4 is 10.2 Å². The Morgan fingerprint density at radius 3 is 2.00 bits per heavy atom. The van der Waals surface area contributed by atoms with Crippen molar-refractivity contribution in [3.8, 4) is 0 Å². The predicted molar refractivity (Wildman–Crippen MR) is 95.7 cm³/mol. The van der Waals surface area contributed by atoms with Gasteiger partial charge in [0.1, 0.15) is 0 Å². The van der Waals surface area contributed by atoms with Gasteiger partial charge in [0.15, 0.2) is 0 Å². The summed E-state index contributed by atoms with van der Waals surface area (Å²) >= 11 is 0. The number of benzene rings is 2. The van der Waals surface area contributed by atoms with Crippen molar-refractivity contribution in [2.45, 2.75) is 6.18 Å². The number of amides is 2. The molecule has 1 aliphatic rings. The number of hydrogen-bond donors (Lipinski definition) is 1. The third-order valence-corrected chi connectivity index (χ3v) is 4.34. The van der Waals surface area contributed by atoms with E-state index in [4.69, 9.17) is 0 Å². The predicted octanol–water partition coefficient (Wildman–Crippen LogP) is 3.15. The molecule has 3 rings (SSSR count). The van der Waals surface area contributed by atoms with Crippen LogP contribution in [-0.2, 0) is 4.79 Å². The molecule has 0 spiro atoms. The van der Waals surface area contributed by atoms with Gasteiger partial charge in [0, 0.05) is 43.1 Å². The maximum atomic E-state index is 12.5. The van der Waals surface area contributed by atoms with Crippen LogP contribution in [0.25, 0.3) is 0 Å². The summed E-state index contributed by atoms with van der Waals surface area (Å²) in [7, 11) is 0. The Balaban J connectivity index is 1.57. The SMILES string of the molecule is O=C(Nc1ccc(N2CCN(C(=O)C(F)(F)F)CC2)cc1)c1ccccc1. The van der Waals surface area contributed by atoms with Crippen molar-refractivity contribution >= 4 is 23.2 Å². The molecule has 0 bridgehead atoms. The third-order valence-electron chi connectivity index (χ3n) is 4.34. The molecule has 2 aromatic rings. The van der Waals surface area contributed by atoms with Crippen molar-refractivity contribution in [2.75, 3.05) is 36.4 Å². The maximum absolute atomic E-state index is 12.5. The lowest BCUT2D eigenvalue weighted by atomic mass is 10.2. The van der Waals surface area contributed by atoms with E-state index in [0.29, 0.717) is 24.3 Å². The summed E-state index contributed by atoms with van der Waals surface area (Å²) in [4.78, 5) is 26.1. The first-order valence-corrected chi connectivity index (χ1v) is 8.42. The van der Waals surface area contributed by atoms with Crippen molar-refractivity contribution in [2.24, 2.45) is 0 Å². The van der Waals surface area contributed by atoms with Crippen LogP contribution in [0, 0.1) is 0 Å². The van der Waals surface area contributed by atoms with Gasteiger partial charge in [-0.2, -0.15) is 13.2 Å². The summed E-state index contributed by atoms with van der Waals surface area (Å²) in [5, 5.41) is 2.79. The van der Waals surface area contributed by atoms with Gasteiger partial charge >= 0.3 is 12.1 Å². The standard InChI is InChI=1S/C19H18F3N3O2/c20-19(21,22)18(27)25-12-10-24(11-13-25)16-8-6-15(7-9-16)23-17(26)14-4-2-1-3-5-14/h1-9H,10-13H2,(H,23,26). The number of hydrogen-bond acceptors (Lipinski definition) is 3. The normalized spacial score (nSPS) is 14.8. The van der Waals surface area contributed by atoms with E-state index in [1.807, 2.05) is 11.0 Å². The minimum absolute atomic E-state index is 0.0187. The lowest BCUT2D eigenvalue weighted by molar-refractivity contribution is -0.185. The molecule has 0 aliphatic carbocycles. The van der Waals surface area contributed by atoms with Gasteiger partial charge in [-0.05, 0) is 36.4 Å². The largest absolute Gasteiger partial charge is 0.471 e. The molecule has 2 aromatic carbocycles. The van der Waals surface area contributed by atoms with Gasteiger partial charge in [0.2, 0.25) is 0 Å². The highest BCUT2D eigenvalue weighted by molar-refractivity contribution is 6.04. The van der Waals surface area contributed by atoms with Crippen LogP contribution in [0.15, 0.2) is 54.6 Å². The van der Waals surface area contributed by atoms with E-state index >= 15 is 0 Å². The highest BCUT2D eigenvalue weighted by atomic mass is 19.4. The molecule has 1 aliphatic heterocycles. The molecule has 1 heterocycles. The van der Waals surface area contributed by atoms with Gasteiger partial charge in [0.25, 0.3) is 5.91 Å². The Kier molecular flexibility index (Phi) is 5.34. The molecule has 0 radical (unpaired) electrons. The van der Waals surface area contributed by atoms with E-state index in [0.717, 1.165) is 10.6 Å². The first kappa shape index (κ1) is 18.8. The number of nitrogens with zero attached hydrogens (tertiary/aromatic N) is 2. The fourth-order valence-corrected chi connectivity index (χ4v) is 2.90. The number of rotatable bonds is 3. The zero-order chi connectivity index (χ0) is 19.4. The van der Waals surface area contributed by atoms with E-state index in [2.05, 4.69) is 5.32 Å². The topological polar surface area (TPSA) is 52.7 Å². The number of carbonyl (C=O) groups is 2. The number of alkyl halides is 3. The number of halogens is 3. The number of piperazine rings is 1. The molecule has 1 fully saturated rings. The van der Waals surface area contributed by atoms with Crippen LogP contribution >= 0.6 is 0 Å². The molecule has 142 valence electrons. The fourth-order valence-electron chi connectivity index (χ4n) is 2.90. The first-order valence-electron chi connectivity index (χ1n) is 8.42. The van der Waals surface area contributed by atoms with Crippen LogP contribution in [0.2, 0.25) is 0 Å². The summed E-state index contributed by atoms with van der Waals surface area (Å²) in [5.74, 6) is -2.01. The Hall–Kier alpha value is -3.03. The second-order valence-corrected chi connectivity index (χ2v) is 6.14. The maximum Gasteiger partial charge on any atom is 0.471 e. The van der Waals surface area contributed by atoms with Gasteiger partial charge < -0.3 is 15.1 Å². The molecular formula is C19H18F3N3O2. The molecule has 27 heavy (non-hydrogen) atoms. The molecule has 1 N–H and O–H groups in total. The monoisotopic (exact) mass is 377 g/mol. The summed E-state index contributed by atoms with van der Waals surface area (Å²) in [6.45, 7) is 0.671. The van der Waals surface area contributed by atoms with Gasteiger partial charge in [-0.15, -0.1) is 0 Å². The fraction of sp³-hybridized carbons (Fsp3) is 0.263. The number of nitrogens with one attached hydrogen (secondary N) is 1. The lowest BCUT2D eigenvalue weighted by Crippen LogP contribution is -2.52. The highest BCUT2D eigenvalue weighted by Gasteiger charge is 2.43. The Morgan fingerprint density at radius 2 is 1.44 bits per heavy atom. The van der Waals surface area contributed by atoms with Gasteiger partial charge in [0.05, 0.1) is 0 Å². The Bertz CT molecular complexity index is 799. The zero-order valence-corrected chi connectivity index (χ0v) is 14.4. The first-order chi connectivity index (χ1) is 12.8. The van der Waals surface area contributed by atoms with Crippen LogP contribution in [0.3, 0.4) is 0 Å². The molecule has 8 heteroatoms. The molecular weight excluding hydrogens is 359 g/mol. The minimum Gasteiger partial charge on any atom is -0.368 e. The van der Waals surface area contributed by atoms with Crippen molar-refractivity contribution in [3.63, 3.8) is 0 Å². The zero-order valence-electron chi connectivity index (χ0n) is 14.4. The molecule has 0 atom stereocenters.